The van der Waals surface area contributed by atoms with Crippen LogP contribution in [0.4, 0.5) is 0 Å². The first-order chi connectivity index (χ1) is 8.06. The number of rotatable bonds is 6. The van der Waals surface area contributed by atoms with Gasteiger partial charge in [-0.05, 0) is 45.2 Å². The summed E-state index contributed by atoms with van der Waals surface area (Å²) in [4.78, 5) is 2.56. The molecule has 0 radical (unpaired) electrons. The zero-order valence-electron chi connectivity index (χ0n) is 12.5. The number of hydrogen-bond donors (Lipinski definition) is 1. The molecule has 1 N–H and O–H groups in total. The molecule has 102 valence electrons. The molecular formula is C15H32N2. The largest absolute Gasteiger partial charge is 0.314 e. The van der Waals surface area contributed by atoms with Crippen LogP contribution in [0.25, 0.3) is 0 Å². The van der Waals surface area contributed by atoms with E-state index in [1.54, 1.807) is 0 Å². The van der Waals surface area contributed by atoms with Crippen molar-refractivity contribution in [2.24, 2.45) is 11.8 Å². The van der Waals surface area contributed by atoms with Gasteiger partial charge in [0.1, 0.15) is 0 Å². The number of hydrogen-bond acceptors (Lipinski definition) is 2. The van der Waals surface area contributed by atoms with E-state index in [1.165, 1.54) is 32.2 Å². The molecule has 1 aliphatic carbocycles. The summed E-state index contributed by atoms with van der Waals surface area (Å²) < 4.78 is 0. The van der Waals surface area contributed by atoms with Gasteiger partial charge in [0.15, 0.2) is 0 Å². The smallest absolute Gasteiger partial charge is 0.0107 e. The summed E-state index contributed by atoms with van der Waals surface area (Å²) in [5, 5.41) is 3.68. The maximum absolute atomic E-state index is 3.68. The molecule has 0 aliphatic heterocycles. The van der Waals surface area contributed by atoms with Crippen LogP contribution in [-0.2, 0) is 0 Å². The molecule has 0 amide bonds. The first kappa shape index (κ1) is 15.0. The highest BCUT2D eigenvalue weighted by molar-refractivity contribution is 4.83. The predicted molar refractivity (Wildman–Crippen MR) is 76.4 cm³/mol. The number of nitrogens with one attached hydrogen (secondary N) is 1. The van der Waals surface area contributed by atoms with Gasteiger partial charge >= 0.3 is 0 Å². The Kier molecular flexibility index (Phi) is 6.50. The fourth-order valence-corrected chi connectivity index (χ4v) is 3.00. The van der Waals surface area contributed by atoms with Crippen molar-refractivity contribution in [1.82, 2.24) is 10.2 Å². The van der Waals surface area contributed by atoms with E-state index >= 15 is 0 Å². The first-order valence-corrected chi connectivity index (χ1v) is 7.49. The Balaban J connectivity index is 2.46. The summed E-state index contributed by atoms with van der Waals surface area (Å²) in [6.07, 6.45) is 5.63. The molecule has 1 fully saturated rings. The Morgan fingerprint density at radius 2 is 1.82 bits per heavy atom. The van der Waals surface area contributed by atoms with Crippen LogP contribution in [0.5, 0.6) is 0 Å². The Morgan fingerprint density at radius 1 is 1.18 bits per heavy atom. The molecule has 3 atom stereocenters. The van der Waals surface area contributed by atoms with Gasteiger partial charge in [-0.25, -0.2) is 0 Å². The van der Waals surface area contributed by atoms with Crippen LogP contribution in [-0.4, -0.2) is 37.1 Å². The Morgan fingerprint density at radius 3 is 2.41 bits per heavy atom. The van der Waals surface area contributed by atoms with E-state index in [1.807, 2.05) is 0 Å². The van der Waals surface area contributed by atoms with Gasteiger partial charge in [-0.2, -0.15) is 0 Å². The van der Waals surface area contributed by atoms with Gasteiger partial charge in [0.2, 0.25) is 0 Å². The summed E-state index contributed by atoms with van der Waals surface area (Å²) in [5.41, 5.74) is 0. The highest BCUT2D eigenvalue weighted by atomic mass is 15.1. The molecule has 1 aliphatic rings. The zero-order chi connectivity index (χ0) is 12.8. The van der Waals surface area contributed by atoms with Crippen molar-refractivity contribution in [2.75, 3.05) is 20.1 Å². The first-order valence-electron chi connectivity index (χ1n) is 7.49. The summed E-state index contributed by atoms with van der Waals surface area (Å²) in [7, 11) is 2.29. The fourth-order valence-electron chi connectivity index (χ4n) is 3.00. The van der Waals surface area contributed by atoms with E-state index in [-0.39, 0.29) is 0 Å². The van der Waals surface area contributed by atoms with Gasteiger partial charge in [0.25, 0.3) is 0 Å². The Hall–Kier alpha value is -0.0800. The van der Waals surface area contributed by atoms with Gasteiger partial charge in [-0.1, -0.05) is 33.6 Å². The van der Waals surface area contributed by atoms with Crippen LogP contribution < -0.4 is 5.32 Å². The minimum Gasteiger partial charge on any atom is -0.314 e. The molecule has 2 nitrogen and oxygen atoms in total. The normalized spacial score (nSPS) is 27.7. The second-order valence-electron chi connectivity index (χ2n) is 6.13. The van der Waals surface area contributed by atoms with Crippen molar-refractivity contribution in [3.8, 4) is 0 Å². The highest BCUT2D eigenvalue weighted by Crippen LogP contribution is 2.26. The molecule has 0 aromatic carbocycles. The van der Waals surface area contributed by atoms with Crippen LogP contribution in [0.2, 0.25) is 0 Å². The van der Waals surface area contributed by atoms with E-state index in [2.05, 4.69) is 45.0 Å². The van der Waals surface area contributed by atoms with E-state index in [0.717, 1.165) is 24.4 Å². The lowest BCUT2D eigenvalue weighted by Crippen LogP contribution is -2.46. The summed E-state index contributed by atoms with van der Waals surface area (Å²) >= 11 is 0. The molecule has 0 heterocycles. The molecule has 0 aromatic rings. The second kappa shape index (κ2) is 7.38. The third kappa shape index (κ3) is 4.59. The lowest BCUT2D eigenvalue weighted by molar-refractivity contribution is 0.139. The highest BCUT2D eigenvalue weighted by Gasteiger charge is 2.26. The minimum atomic E-state index is 0.694. The average Bonchev–Trinajstić information content (AvgIpc) is 2.30. The molecule has 0 aromatic heterocycles. The van der Waals surface area contributed by atoms with E-state index in [4.69, 9.17) is 0 Å². The quantitative estimate of drug-likeness (QED) is 0.767. The standard InChI is InChI=1S/C15H32N2/c1-6-16-15-10-8-7-9-14(15)11-17(5)13(4)12(2)3/h12-16H,6-11H2,1-5H3. The average molecular weight is 240 g/mol. The molecule has 0 saturated heterocycles. The molecule has 1 rings (SSSR count). The van der Waals surface area contributed by atoms with E-state index in [9.17, 15) is 0 Å². The van der Waals surface area contributed by atoms with Gasteiger partial charge in [-0.3, -0.25) is 0 Å². The van der Waals surface area contributed by atoms with Crippen LogP contribution in [0.3, 0.4) is 0 Å². The van der Waals surface area contributed by atoms with Gasteiger partial charge in [-0.15, -0.1) is 0 Å². The molecule has 3 unspecified atom stereocenters. The lowest BCUT2D eigenvalue weighted by Gasteiger charge is -2.37. The predicted octanol–water partition coefficient (Wildman–Crippen LogP) is 3.13. The van der Waals surface area contributed by atoms with E-state index < -0.39 is 0 Å². The van der Waals surface area contributed by atoms with Crippen molar-refractivity contribution in [2.45, 2.75) is 65.5 Å². The topological polar surface area (TPSA) is 15.3 Å². The summed E-state index contributed by atoms with van der Waals surface area (Å²) in [5.74, 6) is 1.61. The molecule has 2 heteroatoms. The maximum atomic E-state index is 3.68. The van der Waals surface area contributed by atoms with Crippen molar-refractivity contribution >= 4 is 0 Å². The molecular weight excluding hydrogens is 208 g/mol. The van der Waals surface area contributed by atoms with Crippen molar-refractivity contribution in [3.63, 3.8) is 0 Å². The van der Waals surface area contributed by atoms with Gasteiger partial charge in [0, 0.05) is 18.6 Å². The van der Waals surface area contributed by atoms with Gasteiger partial charge in [0.05, 0.1) is 0 Å². The SMILES string of the molecule is CCNC1CCCCC1CN(C)C(C)C(C)C. The Bertz CT molecular complexity index is 201. The Labute approximate surface area is 108 Å². The minimum absolute atomic E-state index is 0.694. The van der Waals surface area contributed by atoms with Gasteiger partial charge < -0.3 is 10.2 Å². The fraction of sp³-hybridized carbons (Fsp3) is 1.00. The van der Waals surface area contributed by atoms with Crippen LogP contribution in [0.1, 0.15) is 53.4 Å². The summed E-state index contributed by atoms with van der Waals surface area (Å²) in [6.45, 7) is 11.6. The molecule has 0 spiro atoms. The summed E-state index contributed by atoms with van der Waals surface area (Å²) in [6, 6.07) is 1.45. The lowest BCUT2D eigenvalue weighted by atomic mass is 9.83. The third-order valence-electron chi connectivity index (χ3n) is 4.56. The zero-order valence-corrected chi connectivity index (χ0v) is 12.5. The molecule has 17 heavy (non-hydrogen) atoms. The van der Waals surface area contributed by atoms with Crippen LogP contribution in [0, 0.1) is 11.8 Å². The van der Waals surface area contributed by atoms with Crippen LogP contribution >= 0.6 is 0 Å². The van der Waals surface area contributed by atoms with E-state index in [0.29, 0.717) is 6.04 Å². The monoisotopic (exact) mass is 240 g/mol. The second-order valence-corrected chi connectivity index (χ2v) is 6.13. The molecule has 0 bridgehead atoms. The van der Waals surface area contributed by atoms with Crippen LogP contribution in [0.15, 0.2) is 0 Å². The van der Waals surface area contributed by atoms with Crippen molar-refractivity contribution < 1.29 is 0 Å². The third-order valence-corrected chi connectivity index (χ3v) is 4.56. The maximum Gasteiger partial charge on any atom is 0.0107 e. The molecule has 1 saturated carbocycles. The number of nitrogens with zero attached hydrogens (tertiary/aromatic N) is 1. The van der Waals surface area contributed by atoms with Crippen molar-refractivity contribution in [1.29, 1.82) is 0 Å². The van der Waals surface area contributed by atoms with Crippen molar-refractivity contribution in [3.05, 3.63) is 0 Å².